The molecule has 0 radical (unpaired) electrons. The summed E-state index contributed by atoms with van der Waals surface area (Å²) in [5, 5.41) is 21.8. The summed E-state index contributed by atoms with van der Waals surface area (Å²) in [6.07, 6.45) is -0.319. The molecule has 0 saturated carbocycles. The van der Waals surface area contributed by atoms with Gasteiger partial charge in [-0.25, -0.2) is 4.39 Å². The van der Waals surface area contributed by atoms with Crippen molar-refractivity contribution in [2.45, 2.75) is 26.3 Å². The van der Waals surface area contributed by atoms with E-state index in [9.17, 15) is 24.1 Å². The predicted molar refractivity (Wildman–Crippen MR) is 71.4 cm³/mol. The van der Waals surface area contributed by atoms with E-state index in [1.54, 1.807) is 13.8 Å². The van der Waals surface area contributed by atoms with E-state index in [2.05, 4.69) is 5.32 Å². The molecule has 2 N–H and O–H groups in total. The average molecular weight is 298 g/mol. The van der Waals surface area contributed by atoms with Crippen LogP contribution in [0.5, 0.6) is 0 Å². The molecular formula is C13H15FN2O5. The van der Waals surface area contributed by atoms with Crippen LogP contribution in [0.2, 0.25) is 0 Å². The number of carboxylic acids is 1. The maximum absolute atomic E-state index is 13.6. The summed E-state index contributed by atoms with van der Waals surface area (Å²) in [7, 11) is 0. The van der Waals surface area contributed by atoms with E-state index in [4.69, 9.17) is 5.11 Å². The minimum Gasteiger partial charge on any atom is -0.481 e. The molecule has 0 spiro atoms. The molecular weight excluding hydrogens is 283 g/mol. The zero-order valence-electron chi connectivity index (χ0n) is 11.5. The number of aliphatic carboxylic acids is 1. The Bertz CT molecular complexity index is 574. The van der Waals surface area contributed by atoms with Crippen LogP contribution in [0, 0.1) is 21.8 Å². The highest BCUT2D eigenvalue weighted by molar-refractivity contribution is 5.95. The van der Waals surface area contributed by atoms with Crippen LogP contribution < -0.4 is 5.32 Å². The van der Waals surface area contributed by atoms with Gasteiger partial charge in [-0.15, -0.1) is 0 Å². The number of carbonyl (C=O) groups excluding carboxylic acids is 1. The van der Waals surface area contributed by atoms with Crippen molar-refractivity contribution in [3.63, 3.8) is 0 Å². The van der Waals surface area contributed by atoms with Crippen molar-refractivity contribution in [2.24, 2.45) is 5.92 Å². The summed E-state index contributed by atoms with van der Waals surface area (Å²) in [6, 6.07) is 1.90. The van der Waals surface area contributed by atoms with Crippen molar-refractivity contribution in [1.82, 2.24) is 5.32 Å². The second-order valence-corrected chi connectivity index (χ2v) is 4.84. The van der Waals surface area contributed by atoms with Crippen molar-refractivity contribution < 1.29 is 24.0 Å². The van der Waals surface area contributed by atoms with Gasteiger partial charge in [0.1, 0.15) is 5.82 Å². The van der Waals surface area contributed by atoms with E-state index in [-0.39, 0.29) is 12.3 Å². The highest BCUT2D eigenvalue weighted by Crippen LogP contribution is 2.17. The predicted octanol–water partition coefficient (Wildman–Crippen LogP) is 1.96. The van der Waals surface area contributed by atoms with Crippen molar-refractivity contribution in [3.05, 3.63) is 39.7 Å². The Hall–Kier alpha value is -2.51. The number of benzene rings is 1. The Kier molecular flexibility index (Phi) is 5.34. The molecule has 0 saturated heterocycles. The zero-order chi connectivity index (χ0) is 16.2. The third kappa shape index (κ3) is 4.51. The summed E-state index contributed by atoms with van der Waals surface area (Å²) >= 11 is 0. The quantitative estimate of drug-likeness (QED) is 0.616. The van der Waals surface area contributed by atoms with Crippen LogP contribution in [0.15, 0.2) is 18.2 Å². The van der Waals surface area contributed by atoms with Gasteiger partial charge in [0, 0.05) is 18.2 Å². The molecule has 1 rings (SSSR count). The van der Waals surface area contributed by atoms with Crippen molar-refractivity contribution >= 4 is 17.6 Å². The number of nitrogens with one attached hydrogen (secondary N) is 1. The summed E-state index contributed by atoms with van der Waals surface area (Å²) in [4.78, 5) is 32.6. The van der Waals surface area contributed by atoms with Crippen molar-refractivity contribution in [3.8, 4) is 0 Å². The molecule has 0 aromatic heterocycles. The maximum atomic E-state index is 13.6. The number of halogens is 1. The molecule has 0 fully saturated rings. The van der Waals surface area contributed by atoms with Crippen LogP contribution in [0.25, 0.3) is 0 Å². The third-order valence-electron chi connectivity index (χ3n) is 2.92. The smallest absolute Gasteiger partial charge is 0.305 e. The summed E-state index contributed by atoms with van der Waals surface area (Å²) in [6.45, 7) is 3.41. The molecule has 1 unspecified atom stereocenters. The van der Waals surface area contributed by atoms with Crippen LogP contribution in [-0.2, 0) is 4.79 Å². The Labute approximate surface area is 119 Å². The van der Waals surface area contributed by atoms with E-state index in [1.807, 2.05) is 0 Å². The Morgan fingerprint density at radius 2 is 2.05 bits per heavy atom. The highest BCUT2D eigenvalue weighted by Gasteiger charge is 2.23. The van der Waals surface area contributed by atoms with Gasteiger partial charge in [0.25, 0.3) is 11.6 Å². The maximum Gasteiger partial charge on any atom is 0.305 e. The lowest BCUT2D eigenvalue weighted by Gasteiger charge is -2.20. The van der Waals surface area contributed by atoms with Gasteiger partial charge in [-0.1, -0.05) is 13.8 Å². The second-order valence-electron chi connectivity index (χ2n) is 4.84. The van der Waals surface area contributed by atoms with Gasteiger partial charge in [-0.2, -0.15) is 0 Å². The van der Waals surface area contributed by atoms with E-state index in [1.165, 1.54) is 0 Å². The number of rotatable bonds is 6. The number of amides is 1. The molecule has 1 amide bonds. The minimum absolute atomic E-state index is 0.188. The number of nitro benzene ring substituents is 1. The first-order valence-corrected chi connectivity index (χ1v) is 6.19. The first-order chi connectivity index (χ1) is 9.72. The van der Waals surface area contributed by atoms with Gasteiger partial charge in [-0.3, -0.25) is 19.7 Å². The van der Waals surface area contributed by atoms with Gasteiger partial charge in [-0.05, 0) is 12.0 Å². The van der Waals surface area contributed by atoms with E-state index in [0.717, 1.165) is 18.2 Å². The Morgan fingerprint density at radius 1 is 1.43 bits per heavy atom. The first-order valence-electron chi connectivity index (χ1n) is 6.19. The first kappa shape index (κ1) is 16.5. The molecule has 0 aliphatic heterocycles. The largest absolute Gasteiger partial charge is 0.481 e. The Morgan fingerprint density at radius 3 is 2.52 bits per heavy atom. The minimum atomic E-state index is -1.10. The molecule has 1 aromatic rings. The van der Waals surface area contributed by atoms with Crippen molar-refractivity contribution in [2.75, 3.05) is 0 Å². The van der Waals surface area contributed by atoms with Crippen LogP contribution in [0.1, 0.15) is 30.6 Å². The topological polar surface area (TPSA) is 110 Å². The molecule has 8 heteroatoms. The number of carbonyl (C=O) groups is 2. The SMILES string of the molecule is CC(C)C(CC(=O)O)NC(=O)c1cc([N+](=O)[O-])ccc1F. The fourth-order valence-electron chi connectivity index (χ4n) is 1.69. The monoisotopic (exact) mass is 298 g/mol. The summed E-state index contributed by atoms with van der Waals surface area (Å²) in [5.41, 5.74) is -0.902. The van der Waals surface area contributed by atoms with Crippen LogP contribution in [-0.4, -0.2) is 27.9 Å². The van der Waals surface area contributed by atoms with Crippen molar-refractivity contribution in [1.29, 1.82) is 0 Å². The van der Waals surface area contributed by atoms with Gasteiger partial charge in [0.2, 0.25) is 0 Å². The number of hydrogen-bond acceptors (Lipinski definition) is 4. The van der Waals surface area contributed by atoms with Gasteiger partial charge in [0.15, 0.2) is 0 Å². The second kappa shape index (κ2) is 6.78. The molecule has 1 atom stereocenters. The van der Waals surface area contributed by atoms with Crippen LogP contribution >= 0.6 is 0 Å². The highest BCUT2D eigenvalue weighted by atomic mass is 19.1. The molecule has 0 aliphatic carbocycles. The van der Waals surface area contributed by atoms with E-state index < -0.39 is 39.9 Å². The lowest BCUT2D eigenvalue weighted by molar-refractivity contribution is -0.384. The fourth-order valence-corrected chi connectivity index (χ4v) is 1.69. The zero-order valence-corrected chi connectivity index (χ0v) is 11.5. The van der Waals surface area contributed by atoms with Gasteiger partial charge in [0.05, 0.1) is 16.9 Å². The van der Waals surface area contributed by atoms with Crippen LogP contribution in [0.3, 0.4) is 0 Å². The summed E-state index contributed by atoms with van der Waals surface area (Å²) < 4.78 is 13.6. The molecule has 21 heavy (non-hydrogen) atoms. The summed E-state index contributed by atoms with van der Waals surface area (Å²) in [5.74, 6) is -3.08. The van der Waals surface area contributed by atoms with E-state index >= 15 is 0 Å². The fraction of sp³-hybridized carbons (Fsp3) is 0.385. The number of hydrogen-bond donors (Lipinski definition) is 2. The van der Waals surface area contributed by atoms with E-state index in [0.29, 0.717) is 0 Å². The van der Waals surface area contributed by atoms with Gasteiger partial charge < -0.3 is 10.4 Å². The third-order valence-corrected chi connectivity index (χ3v) is 2.92. The van der Waals surface area contributed by atoms with Crippen LogP contribution in [0.4, 0.5) is 10.1 Å². The molecule has 0 aliphatic rings. The Balaban J connectivity index is 2.99. The lowest BCUT2D eigenvalue weighted by Crippen LogP contribution is -2.40. The number of nitrogens with zero attached hydrogens (tertiary/aromatic N) is 1. The number of non-ortho nitro benzene ring substituents is 1. The molecule has 7 nitrogen and oxygen atoms in total. The average Bonchev–Trinajstić information content (AvgIpc) is 2.37. The standard InChI is InChI=1S/C13H15FN2O5/c1-7(2)11(6-12(17)18)15-13(19)9-5-8(16(20)21)3-4-10(9)14/h3-5,7,11H,6H2,1-2H3,(H,15,19)(H,17,18). The molecule has 1 aromatic carbocycles. The number of nitro groups is 1. The normalized spacial score (nSPS) is 12.0. The lowest BCUT2D eigenvalue weighted by atomic mass is 10.0. The molecule has 114 valence electrons. The van der Waals surface area contributed by atoms with Gasteiger partial charge >= 0.3 is 5.97 Å². The number of carboxylic acid groups (broad SMARTS) is 1. The molecule has 0 bridgehead atoms. The molecule has 0 heterocycles.